The molecular formula is C25H26ClF4N3O2S. The van der Waals surface area contributed by atoms with Crippen LogP contribution in [0.4, 0.5) is 33.2 Å². The zero-order chi connectivity index (χ0) is 26.1. The molecular weight excluding hydrogens is 518 g/mol. The third-order valence-electron chi connectivity index (χ3n) is 5.51. The van der Waals surface area contributed by atoms with Gasteiger partial charge in [-0.15, -0.1) is 0 Å². The summed E-state index contributed by atoms with van der Waals surface area (Å²) in [5, 5.41) is -0.196. The van der Waals surface area contributed by atoms with Gasteiger partial charge in [-0.1, -0.05) is 74.1 Å². The first kappa shape index (κ1) is 27.9. The quantitative estimate of drug-likeness (QED) is 0.138. The lowest BCUT2D eigenvalue weighted by molar-refractivity contribution is -0.138. The van der Waals surface area contributed by atoms with E-state index in [9.17, 15) is 22.4 Å². The first-order valence-corrected chi connectivity index (χ1v) is 12.9. The van der Waals surface area contributed by atoms with Crippen LogP contribution in [0.2, 0.25) is 0 Å². The molecule has 0 aliphatic heterocycles. The zero-order valence-corrected chi connectivity index (χ0v) is 21.2. The summed E-state index contributed by atoms with van der Waals surface area (Å²) in [6.45, 7) is 2.10. The average molecular weight is 544 g/mol. The first-order chi connectivity index (χ1) is 17.3. The first-order valence-electron chi connectivity index (χ1n) is 11.6. The number of aromatic nitrogens is 2. The van der Waals surface area contributed by atoms with Gasteiger partial charge in [0.15, 0.2) is 6.07 Å². The van der Waals surface area contributed by atoms with Crippen LogP contribution < -0.4 is 4.90 Å². The van der Waals surface area contributed by atoms with Gasteiger partial charge in [-0.25, -0.2) is 9.69 Å². The van der Waals surface area contributed by atoms with Crippen LogP contribution in [0.1, 0.15) is 56.6 Å². The topological polar surface area (TPSA) is 55.3 Å². The maximum Gasteiger partial charge on any atom is 0.422 e. The highest BCUT2D eigenvalue weighted by Crippen LogP contribution is 2.40. The molecule has 0 saturated heterocycles. The van der Waals surface area contributed by atoms with Crippen molar-refractivity contribution in [1.82, 2.24) is 9.97 Å². The van der Waals surface area contributed by atoms with E-state index in [-0.39, 0.29) is 27.7 Å². The summed E-state index contributed by atoms with van der Waals surface area (Å²) in [4.78, 5) is 21.3. The van der Waals surface area contributed by atoms with Gasteiger partial charge in [-0.3, -0.25) is 4.98 Å². The number of hydrogen-bond acceptors (Lipinski definition) is 5. The normalized spacial score (nSPS) is 11.5. The molecule has 0 spiro atoms. The second-order valence-electron chi connectivity index (χ2n) is 8.07. The van der Waals surface area contributed by atoms with E-state index < -0.39 is 29.8 Å². The highest BCUT2D eigenvalue weighted by Gasteiger charge is 2.35. The molecule has 0 saturated carbocycles. The standard InChI is InChI=1S/C25H26ClF4N3O2S/c1-2-3-4-5-6-7-9-17-11-12-19(14-20(17)25(28,29)30)33(24(34)35-16-26)23-32-22(27)21(36-23)18-10-8-13-31-15-18/h8,10-15H,2-7,9,16H2,1H3. The van der Waals surface area contributed by atoms with Crippen LogP contribution in [0.25, 0.3) is 10.4 Å². The van der Waals surface area contributed by atoms with E-state index in [2.05, 4.69) is 16.9 Å². The predicted molar refractivity (Wildman–Crippen MR) is 133 cm³/mol. The molecule has 1 amide bonds. The Kier molecular flexibility index (Phi) is 10.1. The lowest BCUT2D eigenvalue weighted by atomic mass is 9.99. The number of amides is 1. The molecule has 2 heterocycles. The summed E-state index contributed by atoms with van der Waals surface area (Å²) in [7, 11) is 0. The van der Waals surface area contributed by atoms with Crippen LogP contribution in [0.15, 0.2) is 42.7 Å². The monoisotopic (exact) mass is 543 g/mol. The van der Waals surface area contributed by atoms with E-state index >= 15 is 0 Å². The number of halogens is 5. The highest BCUT2D eigenvalue weighted by molar-refractivity contribution is 7.19. The fourth-order valence-corrected chi connectivity index (χ4v) is 4.79. The Morgan fingerprint density at radius 3 is 2.56 bits per heavy atom. The van der Waals surface area contributed by atoms with Gasteiger partial charge >= 0.3 is 12.3 Å². The maximum absolute atomic E-state index is 14.7. The van der Waals surface area contributed by atoms with E-state index in [4.69, 9.17) is 16.3 Å². The summed E-state index contributed by atoms with van der Waals surface area (Å²) in [6, 6.07) is 6.25. The Morgan fingerprint density at radius 1 is 1.14 bits per heavy atom. The average Bonchev–Trinajstić information content (AvgIpc) is 3.23. The summed E-state index contributed by atoms with van der Waals surface area (Å²) in [5.74, 6) is -0.887. The molecule has 5 nitrogen and oxygen atoms in total. The number of carbonyl (C=O) groups is 1. The maximum atomic E-state index is 14.7. The van der Waals surface area contributed by atoms with Gasteiger partial charge in [-0.05, 0) is 36.6 Å². The molecule has 0 unspecified atom stereocenters. The van der Waals surface area contributed by atoms with Crippen LogP contribution in [-0.2, 0) is 17.3 Å². The molecule has 36 heavy (non-hydrogen) atoms. The molecule has 0 fully saturated rings. The number of thiazole rings is 1. The van der Waals surface area contributed by atoms with Gasteiger partial charge in [0.25, 0.3) is 0 Å². The Balaban J connectivity index is 1.95. The predicted octanol–water partition coefficient (Wildman–Crippen LogP) is 8.74. The van der Waals surface area contributed by atoms with Crippen molar-refractivity contribution in [2.45, 2.75) is 58.0 Å². The van der Waals surface area contributed by atoms with Crippen molar-refractivity contribution in [1.29, 1.82) is 0 Å². The van der Waals surface area contributed by atoms with Gasteiger partial charge in [0.05, 0.1) is 16.1 Å². The number of nitrogens with zero attached hydrogens (tertiary/aromatic N) is 3. The van der Waals surface area contributed by atoms with Crippen LogP contribution in [0.5, 0.6) is 0 Å². The molecule has 0 bridgehead atoms. The molecule has 0 N–H and O–H groups in total. The lowest BCUT2D eigenvalue weighted by Crippen LogP contribution is -2.27. The minimum atomic E-state index is -4.65. The Morgan fingerprint density at radius 2 is 1.89 bits per heavy atom. The summed E-state index contributed by atoms with van der Waals surface area (Å²) >= 11 is 6.32. The number of anilines is 2. The van der Waals surface area contributed by atoms with Crippen molar-refractivity contribution >= 4 is 39.8 Å². The smallest absolute Gasteiger partial charge is 0.422 e. The molecule has 0 radical (unpaired) electrons. The van der Waals surface area contributed by atoms with E-state index in [0.717, 1.165) is 54.4 Å². The minimum absolute atomic E-state index is 0.0810. The van der Waals surface area contributed by atoms with E-state index in [1.165, 1.54) is 24.5 Å². The van der Waals surface area contributed by atoms with Crippen LogP contribution in [0.3, 0.4) is 0 Å². The number of alkyl halides is 4. The molecule has 2 aromatic heterocycles. The molecule has 0 aliphatic carbocycles. The van der Waals surface area contributed by atoms with Crippen molar-refractivity contribution in [2.75, 3.05) is 11.0 Å². The van der Waals surface area contributed by atoms with Gasteiger partial charge in [-0.2, -0.15) is 22.5 Å². The highest BCUT2D eigenvalue weighted by atomic mass is 35.5. The third kappa shape index (κ3) is 7.16. The Labute approximate surface area is 216 Å². The molecule has 3 aromatic rings. The largest absolute Gasteiger partial charge is 0.433 e. The number of pyridine rings is 1. The van der Waals surface area contributed by atoms with Crippen molar-refractivity contribution in [3.8, 4) is 10.4 Å². The number of hydrogen-bond donors (Lipinski definition) is 0. The van der Waals surface area contributed by atoms with E-state index in [1.807, 2.05) is 0 Å². The van der Waals surface area contributed by atoms with Crippen LogP contribution in [0, 0.1) is 5.95 Å². The second kappa shape index (κ2) is 13.0. The fourth-order valence-electron chi connectivity index (χ4n) is 3.75. The number of rotatable bonds is 11. The molecule has 194 valence electrons. The van der Waals surface area contributed by atoms with Crippen molar-refractivity contribution < 1.29 is 27.1 Å². The van der Waals surface area contributed by atoms with Gasteiger partial charge in [0, 0.05) is 18.0 Å². The van der Waals surface area contributed by atoms with Crippen LogP contribution in [-0.4, -0.2) is 22.1 Å². The second-order valence-corrected chi connectivity index (χ2v) is 9.27. The van der Waals surface area contributed by atoms with Gasteiger partial charge in [0.1, 0.15) is 0 Å². The lowest BCUT2D eigenvalue weighted by Gasteiger charge is -2.21. The zero-order valence-electron chi connectivity index (χ0n) is 19.7. The SMILES string of the molecule is CCCCCCCCc1ccc(N(C(=O)OCCl)c2nc(F)c(-c3cccnc3)s2)cc1C(F)(F)F. The van der Waals surface area contributed by atoms with Gasteiger partial charge < -0.3 is 4.74 Å². The number of unbranched alkanes of at least 4 members (excludes halogenated alkanes) is 5. The third-order valence-corrected chi connectivity index (χ3v) is 6.68. The Hall–Kier alpha value is -2.72. The minimum Gasteiger partial charge on any atom is -0.433 e. The molecule has 3 rings (SSSR count). The van der Waals surface area contributed by atoms with E-state index in [1.54, 1.807) is 12.1 Å². The molecule has 11 heteroatoms. The summed E-state index contributed by atoms with van der Waals surface area (Å²) < 4.78 is 61.4. The van der Waals surface area contributed by atoms with Crippen molar-refractivity contribution in [2.24, 2.45) is 0 Å². The van der Waals surface area contributed by atoms with Crippen molar-refractivity contribution in [3.05, 3.63) is 59.8 Å². The molecule has 0 atom stereocenters. The van der Waals surface area contributed by atoms with Gasteiger partial charge in [0.2, 0.25) is 11.1 Å². The van der Waals surface area contributed by atoms with Crippen molar-refractivity contribution in [3.63, 3.8) is 0 Å². The number of ether oxygens (including phenoxy) is 1. The summed E-state index contributed by atoms with van der Waals surface area (Å²) in [6.07, 6.45) is 3.15. The summed E-state index contributed by atoms with van der Waals surface area (Å²) in [5.41, 5.74) is -0.471. The Bertz CT molecular complexity index is 1140. The van der Waals surface area contributed by atoms with Crippen LogP contribution >= 0.6 is 22.9 Å². The fraction of sp³-hybridized carbons (Fsp3) is 0.400. The molecule has 1 aromatic carbocycles. The number of carbonyl (C=O) groups excluding carboxylic acids is 1. The van der Waals surface area contributed by atoms with E-state index in [0.29, 0.717) is 12.0 Å². The number of benzene rings is 1. The molecule has 0 aliphatic rings. The number of aryl methyl sites for hydroxylation is 1.